The van der Waals surface area contributed by atoms with Gasteiger partial charge in [0.1, 0.15) is 17.8 Å². The van der Waals surface area contributed by atoms with Crippen molar-refractivity contribution in [1.29, 1.82) is 0 Å². The number of ether oxygens (including phenoxy) is 1. The van der Waals surface area contributed by atoms with Crippen LogP contribution in [0, 0.1) is 12.7 Å². The SMILES string of the molecule is COc1cc(C(=O)Cc2cc(F)ccc2C)ncn1. The van der Waals surface area contributed by atoms with Crippen molar-refractivity contribution >= 4 is 5.78 Å². The number of rotatable bonds is 4. The van der Waals surface area contributed by atoms with Gasteiger partial charge in [0.15, 0.2) is 5.78 Å². The Balaban J connectivity index is 2.22. The molecule has 0 amide bonds. The molecule has 4 nitrogen and oxygen atoms in total. The Morgan fingerprint density at radius 2 is 2.11 bits per heavy atom. The van der Waals surface area contributed by atoms with Crippen LogP contribution in [0.25, 0.3) is 0 Å². The van der Waals surface area contributed by atoms with E-state index in [0.717, 1.165) is 5.56 Å². The molecule has 0 aliphatic heterocycles. The molecule has 0 aliphatic carbocycles. The van der Waals surface area contributed by atoms with Crippen molar-refractivity contribution < 1.29 is 13.9 Å². The van der Waals surface area contributed by atoms with Crippen LogP contribution in [0.15, 0.2) is 30.6 Å². The second-order valence-electron chi connectivity index (χ2n) is 4.12. The van der Waals surface area contributed by atoms with E-state index in [2.05, 4.69) is 9.97 Å². The van der Waals surface area contributed by atoms with Crippen molar-refractivity contribution in [2.75, 3.05) is 7.11 Å². The average molecular weight is 260 g/mol. The fraction of sp³-hybridized carbons (Fsp3) is 0.214. The Morgan fingerprint density at radius 3 is 2.84 bits per heavy atom. The number of carbonyl (C=O) groups excluding carboxylic acids is 1. The van der Waals surface area contributed by atoms with Gasteiger partial charge in [0.25, 0.3) is 0 Å². The quantitative estimate of drug-likeness (QED) is 0.792. The van der Waals surface area contributed by atoms with Gasteiger partial charge in [-0.1, -0.05) is 6.07 Å². The zero-order chi connectivity index (χ0) is 13.8. The highest BCUT2D eigenvalue weighted by molar-refractivity contribution is 5.96. The number of Topliss-reactive ketones (excluding diaryl/α,β-unsaturated/α-hetero) is 1. The molecule has 0 unspecified atom stereocenters. The third-order valence-electron chi connectivity index (χ3n) is 2.80. The second kappa shape index (κ2) is 5.56. The molecular formula is C14H13FN2O2. The van der Waals surface area contributed by atoms with E-state index in [-0.39, 0.29) is 23.7 Å². The van der Waals surface area contributed by atoms with Gasteiger partial charge in [-0.2, -0.15) is 0 Å². The maximum atomic E-state index is 13.2. The molecule has 0 atom stereocenters. The van der Waals surface area contributed by atoms with Crippen LogP contribution < -0.4 is 4.74 Å². The molecule has 98 valence electrons. The van der Waals surface area contributed by atoms with E-state index in [1.54, 1.807) is 6.07 Å². The molecule has 2 rings (SSSR count). The Kier molecular flexibility index (Phi) is 3.85. The Bertz CT molecular complexity index is 614. The first-order valence-electron chi connectivity index (χ1n) is 5.74. The summed E-state index contributed by atoms with van der Waals surface area (Å²) in [6.07, 6.45) is 1.37. The maximum absolute atomic E-state index is 13.2. The van der Waals surface area contributed by atoms with E-state index in [9.17, 15) is 9.18 Å². The van der Waals surface area contributed by atoms with E-state index in [4.69, 9.17) is 4.74 Å². The standard InChI is InChI=1S/C14H13FN2O2/c1-9-3-4-11(15)5-10(9)6-13(18)12-7-14(19-2)17-8-16-12/h3-5,7-8H,6H2,1-2H3. The molecule has 1 aromatic heterocycles. The van der Waals surface area contributed by atoms with Crippen LogP contribution in [0.4, 0.5) is 4.39 Å². The lowest BCUT2D eigenvalue weighted by Gasteiger charge is -2.05. The van der Waals surface area contributed by atoms with E-state index in [1.807, 2.05) is 6.92 Å². The van der Waals surface area contributed by atoms with Crippen molar-refractivity contribution in [2.24, 2.45) is 0 Å². The Labute approximate surface area is 110 Å². The molecule has 0 saturated carbocycles. The predicted molar refractivity (Wildman–Crippen MR) is 67.8 cm³/mol. The highest BCUT2D eigenvalue weighted by Crippen LogP contribution is 2.14. The number of carbonyl (C=O) groups is 1. The lowest BCUT2D eigenvalue weighted by Crippen LogP contribution is -2.08. The minimum absolute atomic E-state index is 0.101. The second-order valence-corrected chi connectivity index (χ2v) is 4.12. The van der Waals surface area contributed by atoms with Gasteiger partial charge in [0, 0.05) is 12.5 Å². The molecule has 0 bridgehead atoms. The number of aryl methyl sites for hydroxylation is 1. The van der Waals surface area contributed by atoms with Crippen LogP contribution in [0.1, 0.15) is 21.6 Å². The van der Waals surface area contributed by atoms with Crippen molar-refractivity contribution in [3.05, 3.63) is 53.2 Å². The normalized spacial score (nSPS) is 10.3. The lowest BCUT2D eigenvalue weighted by atomic mass is 10.0. The van der Waals surface area contributed by atoms with E-state index < -0.39 is 0 Å². The molecular weight excluding hydrogens is 247 g/mol. The van der Waals surface area contributed by atoms with E-state index >= 15 is 0 Å². The highest BCUT2D eigenvalue weighted by Gasteiger charge is 2.12. The monoisotopic (exact) mass is 260 g/mol. The third-order valence-corrected chi connectivity index (χ3v) is 2.80. The van der Waals surface area contributed by atoms with Gasteiger partial charge < -0.3 is 4.74 Å². The summed E-state index contributed by atoms with van der Waals surface area (Å²) in [5.41, 5.74) is 1.79. The number of methoxy groups -OCH3 is 1. The van der Waals surface area contributed by atoms with Crippen molar-refractivity contribution in [3.8, 4) is 5.88 Å². The number of halogens is 1. The van der Waals surface area contributed by atoms with Gasteiger partial charge in [0.05, 0.1) is 7.11 Å². The van der Waals surface area contributed by atoms with Crippen LogP contribution >= 0.6 is 0 Å². The predicted octanol–water partition coefficient (Wildman–Crippen LogP) is 2.36. The molecule has 0 fully saturated rings. The molecule has 2 aromatic rings. The van der Waals surface area contributed by atoms with Gasteiger partial charge in [-0.15, -0.1) is 0 Å². The zero-order valence-electron chi connectivity index (χ0n) is 10.7. The molecule has 0 N–H and O–H groups in total. The van der Waals surface area contributed by atoms with Gasteiger partial charge in [-0.3, -0.25) is 4.79 Å². The van der Waals surface area contributed by atoms with Crippen LogP contribution in [-0.2, 0) is 6.42 Å². The fourth-order valence-corrected chi connectivity index (χ4v) is 1.70. The van der Waals surface area contributed by atoms with Gasteiger partial charge in [0.2, 0.25) is 5.88 Å². The summed E-state index contributed by atoms with van der Waals surface area (Å²) in [4.78, 5) is 19.8. The van der Waals surface area contributed by atoms with E-state index in [1.165, 1.54) is 31.6 Å². The third kappa shape index (κ3) is 3.13. The first kappa shape index (κ1) is 13.1. The molecule has 1 heterocycles. The average Bonchev–Trinajstić information content (AvgIpc) is 2.43. The van der Waals surface area contributed by atoms with E-state index in [0.29, 0.717) is 11.4 Å². The molecule has 19 heavy (non-hydrogen) atoms. The minimum Gasteiger partial charge on any atom is -0.481 e. The summed E-state index contributed by atoms with van der Waals surface area (Å²) in [5, 5.41) is 0. The summed E-state index contributed by atoms with van der Waals surface area (Å²) < 4.78 is 18.1. The van der Waals surface area contributed by atoms with Crippen LogP contribution in [0.2, 0.25) is 0 Å². The molecule has 0 aliphatic rings. The summed E-state index contributed by atoms with van der Waals surface area (Å²) in [6.45, 7) is 1.84. The summed E-state index contributed by atoms with van der Waals surface area (Å²) in [5.74, 6) is -0.225. The van der Waals surface area contributed by atoms with Crippen molar-refractivity contribution in [1.82, 2.24) is 9.97 Å². The smallest absolute Gasteiger partial charge is 0.216 e. The first-order valence-corrected chi connectivity index (χ1v) is 5.74. The van der Waals surface area contributed by atoms with Gasteiger partial charge in [-0.25, -0.2) is 14.4 Å². The number of aromatic nitrogens is 2. The topological polar surface area (TPSA) is 52.1 Å². The van der Waals surface area contributed by atoms with Crippen LogP contribution in [0.5, 0.6) is 5.88 Å². The largest absolute Gasteiger partial charge is 0.481 e. The molecule has 5 heteroatoms. The van der Waals surface area contributed by atoms with Gasteiger partial charge >= 0.3 is 0 Å². The van der Waals surface area contributed by atoms with Crippen molar-refractivity contribution in [2.45, 2.75) is 13.3 Å². The van der Waals surface area contributed by atoms with Crippen molar-refractivity contribution in [3.63, 3.8) is 0 Å². The molecule has 0 saturated heterocycles. The summed E-state index contributed by atoms with van der Waals surface area (Å²) >= 11 is 0. The molecule has 0 radical (unpaired) electrons. The summed E-state index contributed by atoms with van der Waals surface area (Å²) in [6, 6.07) is 5.86. The minimum atomic E-state index is -0.353. The number of nitrogens with zero attached hydrogens (tertiary/aromatic N) is 2. The lowest BCUT2D eigenvalue weighted by molar-refractivity contribution is 0.0987. The van der Waals surface area contributed by atoms with Gasteiger partial charge in [-0.05, 0) is 30.2 Å². The van der Waals surface area contributed by atoms with Crippen LogP contribution in [-0.4, -0.2) is 22.9 Å². The Morgan fingerprint density at radius 1 is 1.32 bits per heavy atom. The number of hydrogen-bond acceptors (Lipinski definition) is 4. The van der Waals surface area contributed by atoms with Crippen LogP contribution in [0.3, 0.4) is 0 Å². The highest BCUT2D eigenvalue weighted by atomic mass is 19.1. The number of benzene rings is 1. The number of ketones is 1. The molecule has 0 spiro atoms. The summed E-state index contributed by atoms with van der Waals surface area (Å²) in [7, 11) is 1.47. The molecule has 1 aromatic carbocycles. The number of hydrogen-bond donors (Lipinski definition) is 0. The zero-order valence-corrected chi connectivity index (χ0v) is 10.7. The Hall–Kier alpha value is -2.30. The maximum Gasteiger partial charge on any atom is 0.216 e. The first-order chi connectivity index (χ1) is 9.10. The fourth-order valence-electron chi connectivity index (χ4n) is 1.70.